The SMILES string of the molecule is NC(=O)N1CCC(S(=O)(=O)N2CCC(c3ccccc3)CC2)C(O)(C(=O)O)C1. The van der Waals surface area contributed by atoms with E-state index in [1.54, 1.807) is 0 Å². The van der Waals surface area contributed by atoms with E-state index >= 15 is 0 Å². The third-order valence-corrected chi connectivity index (χ3v) is 8.18. The number of rotatable bonds is 4. The highest BCUT2D eigenvalue weighted by molar-refractivity contribution is 7.89. The van der Waals surface area contributed by atoms with Crippen molar-refractivity contribution < 1.29 is 28.2 Å². The van der Waals surface area contributed by atoms with Crippen LogP contribution in [0.4, 0.5) is 4.79 Å². The van der Waals surface area contributed by atoms with Crippen LogP contribution in [0.25, 0.3) is 0 Å². The molecule has 0 saturated carbocycles. The molecular weight excluding hydrogens is 386 g/mol. The van der Waals surface area contributed by atoms with Crippen LogP contribution in [0.15, 0.2) is 30.3 Å². The van der Waals surface area contributed by atoms with Gasteiger partial charge < -0.3 is 20.8 Å². The number of carbonyl (C=O) groups excluding carboxylic acids is 1. The number of amides is 2. The van der Waals surface area contributed by atoms with Gasteiger partial charge in [-0.25, -0.2) is 22.3 Å². The molecule has 9 nitrogen and oxygen atoms in total. The number of carboxylic acids is 1. The number of β-amino-alcohol motifs (C(OH)–C–C–N with tert-alkyl or cyclic N) is 1. The van der Waals surface area contributed by atoms with Crippen LogP contribution in [-0.2, 0) is 14.8 Å². The molecule has 4 N–H and O–H groups in total. The summed E-state index contributed by atoms with van der Waals surface area (Å²) < 4.78 is 27.6. The summed E-state index contributed by atoms with van der Waals surface area (Å²) in [4.78, 5) is 24.0. The Labute approximate surface area is 163 Å². The monoisotopic (exact) mass is 411 g/mol. The number of aliphatic carboxylic acids is 1. The second-order valence-corrected chi connectivity index (χ2v) is 9.51. The number of primary amides is 1. The Balaban J connectivity index is 1.77. The Morgan fingerprint density at radius 2 is 1.68 bits per heavy atom. The van der Waals surface area contributed by atoms with Gasteiger partial charge in [0.2, 0.25) is 10.0 Å². The van der Waals surface area contributed by atoms with Gasteiger partial charge in [-0.15, -0.1) is 0 Å². The molecule has 2 unspecified atom stereocenters. The minimum Gasteiger partial charge on any atom is -0.479 e. The van der Waals surface area contributed by atoms with Crippen molar-refractivity contribution in [3.63, 3.8) is 0 Å². The molecule has 2 aliphatic heterocycles. The van der Waals surface area contributed by atoms with Gasteiger partial charge in [-0.3, -0.25) is 0 Å². The first-order chi connectivity index (χ1) is 13.2. The number of carbonyl (C=O) groups is 2. The van der Waals surface area contributed by atoms with Crippen molar-refractivity contribution >= 4 is 22.0 Å². The van der Waals surface area contributed by atoms with Crippen molar-refractivity contribution in [1.82, 2.24) is 9.21 Å². The highest BCUT2D eigenvalue weighted by Gasteiger charge is 2.56. The fourth-order valence-electron chi connectivity index (χ4n) is 4.12. The Hall–Kier alpha value is -2.17. The van der Waals surface area contributed by atoms with Crippen LogP contribution >= 0.6 is 0 Å². The fraction of sp³-hybridized carbons (Fsp3) is 0.556. The lowest BCUT2D eigenvalue weighted by Crippen LogP contribution is -2.66. The second-order valence-electron chi connectivity index (χ2n) is 7.40. The number of sulfonamides is 1. The molecule has 2 heterocycles. The van der Waals surface area contributed by atoms with Crippen molar-refractivity contribution in [2.45, 2.75) is 36.0 Å². The van der Waals surface area contributed by atoms with Crippen molar-refractivity contribution in [2.24, 2.45) is 5.73 Å². The molecule has 0 spiro atoms. The number of benzene rings is 1. The van der Waals surface area contributed by atoms with E-state index in [0.29, 0.717) is 12.8 Å². The van der Waals surface area contributed by atoms with Gasteiger partial charge in [0.1, 0.15) is 5.25 Å². The van der Waals surface area contributed by atoms with Gasteiger partial charge in [0.05, 0.1) is 6.54 Å². The van der Waals surface area contributed by atoms with Gasteiger partial charge in [0, 0.05) is 19.6 Å². The molecule has 3 rings (SSSR count). The van der Waals surface area contributed by atoms with Gasteiger partial charge in [-0.2, -0.15) is 0 Å². The standard InChI is InChI=1S/C18H25N3O6S/c19-17(24)20-9-8-15(18(25,12-20)16(22)23)28(26,27)21-10-6-14(7-11-21)13-4-2-1-3-5-13/h1-5,14-15,25H,6-12H2,(H2,19,24)(H,22,23). The molecule has 0 bridgehead atoms. The number of nitrogens with zero attached hydrogens (tertiary/aromatic N) is 2. The van der Waals surface area contributed by atoms with E-state index in [1.807, 2.05) is 30.3 Å². The molecule has 0 radical (unpaired) electrons. The first-order valence-electron chi connectivity index (χ1n) is 9.20. The van der Waals surface area contributed by atoms with Crippen LogP contribution in [0.5, 0.6) is 0 Å². The lowest BCUT2D eigenvalue weighted by atomic mass is 9.90. The third kappa shape index (κ3) is 3.71. The minimum absolute atomic E-state index is 0.0186. The number of urea groups is 1. The summed E-state index contributed by atoms with van der Waals surface area (Å²) in [6.07, 6.45) is 1.05. The number of hydrogen-bond donors (Lipinski definition) is 3. The predicted molar refractivity (Wildman–Crippen MR) is 101 cm³/mol. The normalized spacial score (nSPS) is 27.5. The quantitative estimate of drug-likeness (QED) is 0.645. The highest BCUT2D eigenvalue weighted by atomic mass is 32.2. The fourth-order valence-corrected chi connectivity index (χ4v) is 6.27. The molecule has 2 saturated heterocycles. The molecule has 154 valence electrons. The lowest BCUT2D eigenvalue weighted by Gasteiger charge is -2.43. The third-order valence-electron chi connectivity index (χ3n) is 5.75. The highest BCUT2D eigenvalue weighted by Crippen LogP contribution is 2.34. The topological polar surface area (TPSA) is 141 Å². The van der Waals surface area contributed by atoms with E-state index in [2.05, 4.69) is 0 Å². The van der Waals surface area contributed by atoms with Gasteiger partial charge in [0.25, 0.3) is 0 Å². The maximum atomic E-state index is 13.1. The first-order valence-corrected chi connectivity index (χ1v) is 10.7. The van der Waals surface area contributed by atoms with Crippen molar-refractivity contribution in [1.29, 1.82) is 0 Å². The molecule has 0 aliphatic carbocycles. The Bertz CT molecular complexity index is 838. The van der Waals surface area contributed by atoms with E-state index in [9.17, 15) is 28.2 Å². The van der Waals surface area contributed by atoms with Crippen LogP contribution < -0.4 is 5.73 Å². The summed E-state index contributed by atoms with van der Waals surface area (Å²) in [7, 11) is -4.07. The van der Waals surface area contributed by atoms with Gasteiger partial charge in [0.15, 0.2) is 5.60 Å². The Morgan fingerprint density at radius 1 is 1.07 bits per heavy atom. The average molecular weight is 411 g/mol. The van der Waals surface area contributed by atoms with E-state index in [0.717, 1.165) is 10.5 Å². The van der Waals surface area contributed by atoms with Gasteiger partial charge in [-0.1, -0.05) is 30.3 Å². The van der Waals surface area contributed by atoms with Crippen LogP contribution in [0.2, 0.25) is 0 Å². The minimum atomic E-state index is -4.07. The molecular formula is C18H25N3O6S. The zero-order chi connectivity index (χ0) is 20.5. The summed E-state index contributed by atoms with van der Waals surface area (Å²) in [6, 6.07) is 8.94. The molecule has 1 aromatic carbocycles. The summed E-state index contributed by atoms with van der Waals surface area (Å²) in [5, 5.41) is 18.7. The second kappa shape index (κ2) is 7.69. The summed E-state index contributed by atoms with van der Waals surface area (Å²) >= 11 is 0. The summed E-state index contributed by atoms with van der Waals surface area (Å²) in [5.74, 6) is -1.44. The van der Waals surface area contributed by atoms with Gasteiger partial charge >= 0.3 is 12.0 Å². The molecule has 28 heavy (non-hydrogen) atoms. The largest absolute Gasteiger partial charge is 0.479 e. The van der Waals surface area contributed by atoms with Crippen molar-refractivity contribution in [3.8, 4) is 0 Å². The van der Waals surface area contributed by atoms with E-state index in [-0.39, 0.29) is 32.0 Å². The smallest absolute Gasteiger partial charge is 0.339 e. The van der Waals surface area contributed by atoms with Crippen molar-refractivity contribution in [3.05, 3.63) is 35.9 Å². The van der Waals surface area contributed by atoms with Gasteiger partial charge in [-0.05, 0) is 30.7 Å². The molecule has 2 fully saturated rings. The maximum absolute atomic E-state index is 13.1. The summed E-state index contributed by atoms with van der Waals surface area (Å²) in [5.41, 5.74) is 3.73. The number of carboxylic acid groups (broad SMARTS) is 1. The summed E-state index contributed by atoms with van der Waals surface area (Å²) in [6.45, 7) is -0.154. The number of hydrogen-bond acceptors (Lipinski definition) is 5. The van der Waals surface area contributed by atoms with Crippen molar-refractivity contribution in [2.75, 3.05) is 26.2 Å². The predicted octanol–water partition coefficient (Wildman–Crippen LogP) is 0.164. The molecule has 0 aromatic heterocycles. The molecule has 2 atom stereocenters. The van der Waals surface area contributed by atoms with Crippen LogP contribution in [0.3, 0.4) is 0 Å². The average Bonchev–Trinajstić information content (AvgIpc) is 2.68. The Kier molecular flexibility index (Phi) is 5.64. The molecule has 1 aromatic rings. The molecule has 10 heteroatoms. The molecule has 2 amide bonds. The molecule has 2 aliphatic rings. The maximum Gasteiger partial charge on any atom is 0.339 e. The zero-order valence-electron chi connectivity index (χ0n) is 15.4. The number of likely N-dealkylation sites (tertiary alicyclic amines) is 1. The zero-order valence-corrected chi connectivity index (χ0v) is 16.2. The first kappa shape index (κ1) is 20.6. The van der Waals surface area contributed by atoms with Crippen LogP contribution in [-0.4, -0.2) is 76.9 Å². The Morgan fingerprint density at radius 3 is 2.21 bits per heavy atom. The van der Waals surface area contributed by atoms with E-state index in [1.165, 1.54) is 4.31 Å². The number of nitrogens with two attached hydrogens (primary N) is 1. The number of aliphatic hydroxyl groups is 1. The number of piperidine rings is 2. The lowest BCUT2D eigenvalue weighted by molar-refractivity contribution is -0.162. The van der Waals surface area contributed by atoms with E-state index < -0.39 is 39.4 Å². The van der Waals surface area contributed by atoms with Crippen LogP contribution in [0.1, 0.15) is 30.7 Å². The van der Waals surface area contributed by atoms with E-state index in [4.69, 9.17) is 5.73 Å². The van der Waals surface area contributed by atoms with Crippen LogP contribution in [0, 0.1) is 0 Å².